The number of rotatable bonds is 9. The van der Waals surface area contributed by atoms with E-state index in [1.165, 1.54) is 0 Å². The van der Waals surface area contributed by atoms with E-state index < -0.39 is 23.9 Å². The Morgan fingerprint density at radius 3 is 2.94 bits per heavy atom. The monoisotopic (exact) mass is 466 g/mol. The smallest absolute Gasteiger partial charge is 0.322 e. The number of nitrogens with zero attached hydrogens (tertiary/aromatic N) is 2. The highest BCUT2D eigenvalue weighted by Gasteiger charge is 2.47. The molecule has 0 amide bonds. The van der Waals surface area contributed by atoms with Gasteiger partial charge in [-0.3, -0.25) is 14.6 Å². The van der Waals surface area contributed by atoms with Gasteiger partial charge in [-0.25, -0.2) is 0 Å². The number of para-hydroxylation sites is 2. The summed E-state index contributed by atoms with van der Waals surface area (Å²) in [5.41, 5.74) is 1.48. The normalized spacial score (nSPS) is 26.2. The number of hydrogen-bond donors (Lipinski definition) is 2. The first-order valence-electron chi connectivity index (χ1n) is 11.4. The molecular formula is C25H30N4O5. The largest absolute Gasteiger partial charge is 0.490 e. The van der Waals surface area contributed by atoms with Crippen molar-refractivity contribution in [3.05, 3.63) is 60.0 Å². The highest BCUT2D eigenvalue weighted by Crippen LogP contribution is 2.34. The lowest BCUT2D eigenvalue weighted by atomic mass is 9.96. The molecule has 4 rings (SSSR count). The van der Waals surface area contributed by atoms with E-state index in [1.807, 2.05) is 61.6 Å². The van der Waals surface area contributed by atoms with Crippen LogP contribution in [-0.2, 0) is 19.1 Å². The van der Waals surface area contributed by atoms with Crippen molar-refractivity contribution >= 4 is 23.7 Å². The zero-order valence-corrected chi connectivity index (χ0v) is 19.6. The second-order valence-corrected chi connectivity index (χ2v) is 8.40. The summed E-state index contributed by atoms with van der Waals surface area (Å²) in [6.45, 7) is 3.10. The maximum absolute atomic E-state index is 13.2. The molecule has 4 atom stereocenters. The minimum atomic E-state index is -1.13. The number of dihydropyridines is 1. The van der Waals surface area contributed by atoms with Gasteiger partial charge in [0.25, 0.3) is 0 Å². The molecule has 1 aromatic carbocycles. The summed E-state index contributed by atoms with van der Waals surface area (Å²) in [6.07, 6.45) is 8.09. The number of allylic oxidation sites excluding steroid dienone is 3. The molecule has 0 aromatic heterocycles. The van der Waals surface area contributed by atoms with Crippen molar-refractivity contribution in [3.8, 4) is 5.75 Å². The van der Waals surface area contributed by atoms with Crippen LogP contribution in [0.4, 0.5) is 5.69 Å². The topological polar surface area (TPSA) is 101 Å². The van der Waals surface area contributed by atoms with E-state index in [2.05, 4.69) is 15.6 Å². The number of carbonyl (C=O) groups is 2. The Labute approximate surface area is 199 Å². The van der Waals surface area contributed by atoms with Gasteiger partial charge in [0, 0.05) is 24.9 Å². The first-order valence-corrected chi connectivity index (χ1v) is 11.4. The van der Waals surface area contributed by atoms with Crippen molar-refractivity contribution in [1.29, 1.82) is 0 Å². The lowest BCUT2D eigenvalue weighted by Gasteiger charge is -2.21. The molecule has 0 radical (unpaired) electrons. The first kappa shape index (κ1) is 23.6. The van der Waals surface area contributed by atoms with Gasteiger partial charge in [0.2, 0.25) is 5.78 Å². The van der Waals surface area contributed by atoms with Crippen LogP contribution in [0.15, 0.2) is 65.0 Å². The molecule has 9 heteroatoms. The lowest BCUT2D eigenvalue weighted by Crippen LogP contribution is -2.35. The van der Waals surface area contributed by atoms with Crippen LogP contribution >= 0.6 is 0 Å². The molecule has 1 aromatic rings. The third-order valence-corrected chi connectivity index (χ3v) is 5.70. The number of benzene rings is 1. The second kappa shape index (κ2) is 10.6. The highest BCUT2D eigenvalue weighted by molar-refractivity contribution is 6.10. The van der Waals surface area contributed by atoms with Gasteiger partial charge in [-0.1, -0.05) is 18.2 Å². The summed E-state index contributed by atoms with van der Waals surface area (Å²) < 4.78 is 17.1. The number of likely N-dealkylation sites (N-methyl/N-ethyl adjacent to an activating group) is 1. The van der Waals surface area contributed by atoms with Gasteiger partial charge >= 0.3 is 5.97 Å². The van der Waals surface area contributed by atoms with E-state index in [9.17, 15) is 9.59 Å². The number of ketones is 1. The summed E-state index contributed by atoms with van der Waals surface area (Å²) >= 11 is 0. The molecule has 2 N–H and O–H groups in total. The summed E-state index contributed by atoms with van der Waals surface area (Å²) in [4.78, 5) is 32.4. The molecule has 4 unspecified atom stereocenters. The fourth-order valence-electron chi connectivity index (χ4n) is 3.95. The summed E-state index contributed by atoms with van der Waals surface area (Å²) in [6, 6.07) is 7.36. The molecule has 3 heterocycles. The van der Waals surface area contributed by atoms with Gasteiger partial charge in [0.1, 0.15) is 18.5 Å². The fourth-order valence-corrected chi connectivity index (χ4v) is 3.95. The average molecular weight is 467 g/mol. The average Bonchev–Trinajstić information content (AvgIpc) is 3.36. The second-order valence-electron chi connectivity index (χ2n) is 8.40. The number of anilines is 1. The van der Waals surface area contributed by atoms with Crippen LogP contribution in [0.3, 0.4) is 0 Å². The molecule has 34 heavy (non-hydrogen) atoms. The minimum Gasteiger partial charge on any atom is -0.490 e. The highest BCUT2D eigenvalue weighted by atomic mass is 16.5. The van der Waals surface area contributed by atoms with Crippen molar-refractivity contribution in [2.24, 2.45) is 16.8 Å². The number of nitrogens with one attached hydrogen (secondary N) is 2. The SMILES string of the molecule is CCOC(=O)C1C(=O)/C(=C/C2=CNC3N=CC=CC23)OC1Nc1ccccc1OCCN(C)C. The Morgan fingerprint density at radius 2 is 2.15 bits per heavy atom. The van der Waals surface area contributed by atoms with Gasteiger partial charge in [-0.05, 0) is 50.9 Å². The Bertz CT molecular complexity index is 1050. The van der Waals surface area contributed by atoms with Crippen molar-refractivity contribution in [1.82, 2.24) is 10.2 Å². The standard InChI is InChI=1S/C25H30N4O5/c1-4-32-25(31)21-22(30)20(14-16-15-27-23-17(16)8-7-11-26-23)34-24(21)28-18-9-5-6-10-19(18)33-13-12-29(2)3/h5-11,14-15,17,21,23-24,27-28H,4,12-13H2,1-3H3/b20-14-. The minimum absolute atomic E-state index is 0.00669. The number of carbonyl (C=O) groups excluding carboxylic acids is 2. The summed E-state index contributed by atoms with van der Waals surface area (Å²) in [7, 11) is 3.94. The van der Waals surface area contributed by atoms with Crippen LogP contribution in [0.1, 0.15) is 6.92 Å². The van der Waals surface area contributed by atoms with E-state index in [0.717, 1.165) is 12.1 Å². The number of esters is 1. The maximum atomic E-state index is 13.2. The van der Waals surface area contributed by atoms with Crippen LogP contribution in [-0.4, -0.2) is 69.1 Å². The number of Topliss-reactive ketones (excluding diaryl/α,β-unsaturated/α-hetero) is 1. The van der Waals surface area contributed by atoms with Crippen LogP contribution in [0, 0.1) is 11.8 Å². The van der Waals surface area contributed by atoms with Crippen molar-refractivity contribution in [2.75, 3.05) is 39.2 Å². The van der Waals surface area contributed by atoms with Gasteiger partial charge in [-0.15, -0.1) is 0 Å². The van der Waals surface area contributed by atoms with Crippen molar-refractivity contribution < 1.29 is 23.8 Å². The Kier molecular flexibility index (Phi) is 7.32. The van der Waals surface area contributed by atoms with Gasteiger partial charge in [0.15, 0.2) is 17.9 Å². The number of fused-ring (bicyclic) bond motifs is 1. The van der Waals surface area contributed by atoms with Crippen LogP contribution in [0.25, 0.3) is 0 Å². The quantitative estimate of drug-likeness (QED) is 0.324. The van der Waals surface area contributed by atoms with Gasteiger partial charge in [0.05, 0.1) is 12.3 Å². The summed E-state index contributed by atoms with van der Waals surface area (Å²) in [5, 5.41) is 6.37. The van der Waals surface area contributed by atoms with Gasteiger partial charge in [-0.2, -0.15) is 0 Å². The molecule has 1 saturated heterocycles. The molecule has 0 bridgehead atoms. The molecule has 3 aliphatic heterocycles. The molecule has 3 aliphatic rings. The molecule has 9 nitrogen and oxygen atoms in total. The molecule has 0 spiro atoms. The number of ether oxygens (including phenoxy) is 3. The molecule has 1 fully saturated rings. The zero-order valence-electron chi connectivity index (χ0n) is 19.6. The third-order valence-electron chi connectivity index (χ3n) is 5.70. The Morgan fingerprint density at radius 1 is 1.32 bits per heavy atom. The van der Waals surface area contributed by atoms with Crippen molar-refractivity contribution in [3.63, 3.8) is 0 Å². The molecule has 180 valence electrons. The zero-order chi connectivity index (χ0) is 24.1. The Hall–Kier alpha value is -3.59. The number of hydrogen-bond acceptors (Lipinski definition) is 9. The lowest BCUT2D eigenvalue weighted by molar-refractivity contribution is -0.151. The molecule has 0 aliphatic carbocycles. The van der Waals surface area contributed by atoms with Gasteiger partial charge < -0.3 is 29.7 Å². The van der Waals surface area contributed by atoms with Crippen LogP contribution in [0.5, 0.6) is 5.75 Å². The number of aliphatic imine (C=N–C) groups is 1. The predicted molar refractivity (Wildman–Crippen MR) is 128 cm³/mol. The van der Waals surface area contributed by atoms with Crippen LogP contribution in [0.2, 0.25) is 0 Å². The van der Waals surface area contributed by atoms with E-state index >= 15 is 0 Å². The first-order chi connectivity index (χ1) is 16.5. The van der Waals surface area contributed by atoms with Crippen molar-refractivity contribution in [2.45, 2.75) is 19.3 Å². The van der Waals surface area contributed by atoms with E-state index in [4.69, 9.17) is 14.2 Å². The predicted octanol–water partition coefficient (Wildman–Crippen LogP) is 2.10. The molecule has 0 saturated carbocycles. The maximum Gasteiger partial charge on any atom is 0.322 e. The van der Waals surface area contributed by atoms with E-state index in [-0.39, 0.29) is 24.4 Å². The third kappa shape index (κ3) is 5.14. The van der Waals surface area contributed by atoms with E-state index in [1.54, 1.807) is 19.2 Å². The van der Waals surface area contributed by atoms with E-state index in [0.29, 0.717) is 18.0 Å². The molecular weight excluding hydrogens is 436 g/mol. The summed E-state index contributed by atoms with van der Waals surface area (Å²) in [5.74, 6) is -1.47. The Balaban J connectivity index is 1.55. The fraction of sp³-hybridized carbons (Fsp3) is 0.400. The van der Waals surface area contributed by atoms with Crippen LogP contribution < -0.4 is 15.4 Å².